The van der Waals surface area contributed by atoms with Crippen molar-refractivity contribution in [3.63, 3.8) is 0 Å². The van der Waals surface area contributed by atoms with Crippen LogP contribution < -0.4 is 0 Å². The molecule has 0 N–H and O–H groups in total. The van der Waals surface area contributed by atoms with E-state index < -0.39 is 0 Å². The summed E-state index contributed by atoms with van der Waals surface area (Å²) in [7, 11) is 0. The van der Waals surface area contributed by atoms with Gasteiger partial charge in [-0.1, -0.05) is 19.1 Å². The molecule has 4 heteroatoms. The average molecular weight is 290 g/mol. The lowest BCUT2D eigenvalue weighted by Gasteiger charge is -2.49. The number of allylic oxidation sites excluding steroid dienone is 1. The van der Waals surface area contributed by atoms with Crippen molar-refractivity contribution in [2.24, 2.45) is 11.3 Å². The van der Waals surface area contributed by atoms with Crippen LogP contribution in [0.25, 0.3) is 0 Å². The summed E-state index contributed by atoms with van der Waals surface area (Å²) in [6.07, 6.45) is 3.28. The van der Waals surface area contributed by atoms with Gasteiger partial charge in [-0.2, -0.15) is 0 Å². The van der Waals surface area contributed by atoms with Crippen LogP contribution in [0.15, 0.2) is 23.3 Å². The Morgan fingerprint density at radius 2 is 2.19 bits per heavy atom. The highest BCUT2D eigenvalue weighted by molar-refractivity contribution is 5.91. The second-order valence-corrected chi connectivity index (χ2v) is 6.76. The summed E-state index contributed by atoms with van der Waals surface area (Å²) in [6, 6.07) is 0. The van der Waals surface area contributed by atoms with Crippen LogP contribution >= 0.6 is 0 Å². The highest BCUT2D eigenvalue weighted by Crippen LogP contribution is 2.56. The molecule has 4 nitrogen and oxygen atoms in total. The molecule has 0 aromatic carbocycles. The lowest BCUT2D eigenvalue weighted by atomic mass is 9.58. The first-order valence-electron chi connectivity index (χ1n) is 7.61. The first kappa shape index (κ1) is 14.4. The number of hydrogen-bond donors (Lipinski definition) is 0. The van der Waals surface area contributed by atoms with Crippen molar-refractivity contribution in [3.05, 3.63) is 23.3 Å². The Bertz CT molecular complexity index is 559. The lowest BCUT2D eigenvalue weighted by Crippen LogP contribution is -2.50. The molecule has 3 aliphatic rings. The van der Waals surface area contributed by atoms with E-state index in [0.29, 0.717) is 12.0 Å². The first-order chi connectivity index (χ1) is 9.84. The Morgan fingerprint density at radius 3 is 2.86 bits per heavy atom. The monoisotopic (exact) mass is 290 g/mol. The molecule has 1 saturated carbocycles. The number of rotatable bonds is 1. The van der Waals surface area contributed by atoms with Crippen molar-refractivity contribution in [2.75, 3.05) is 0 Å². The molecule has 3 rings (SSSR count). The third-order valence-corrected chi connectivity index (χ3v) is 5.40. The fourth-order valence-electron chi connectivity index (χ4n) is 4.38. The van der Waals surface area contributed by atoms with Gasteiger partial charge in [0.2, 0.25) is 0 Å². The molecule has 1 saturated heterocycles. The van der Waals surface area contributed by atoms with Crippen molar-refractivity contribution in [1.29, 1.82) is 0 Å². The molecule has 0 amide bonds. The second kappa shape index (κ2) is 4.72. The van der Waals surface area contributed by atoms with Gasteiger partial charge in [0.1, 0.15) is 12.2 Å². The summed E-state index contributed by atoms with van der Waals surface area (Å²) in [5, 5.41) is 0. The van der Waals surface area contributed by atoms with Gasteiger partial charge in [0.05, 0.1) is 0 Å². The molecule has 0 aromatic rings. The van der Waals surface area contributed by atoms with E-state index in [4.69, 9.17) is 9.47 Å². The Balaban J connectivity index is 2.07. The summed E-state index contributed by atoms with van der Waals surface area (Å²) in [5.41, 5.74) is 2.74. The van der Waals surface area contributed by atoms with Gasteiger partial charge in [-0.15, -0.1) is 0 Å². The zero-order valence-electron chi connectivity index (χ0n) is 12.9. The minimum absolute atomic E-state index is 0.0574. The molecule has 0 bridgehead atoms. The predicted octanol–water partition coefficient (Wildman–Crippen LogP) is 2.93. The topological polar surface area (TPSA) is 52.6 Å². The number of ether oxygens (including phenoxy) is 2. The number of fused-ring (bicyclic) bond motifs is 3. The molecule has 114 valence electrons. The smallest absolute Gasteiger partial charge is 0.334 e. The highest BCUT2D eigenvalue weighted by Gasteiger charge is 2.57. The van der Waals surface area contributed by atoms with Crippen LogP contribution in [-0.2, 0) is 19.1 Å². The van der Waals surface area contributed by atoms with E-state index in [0.717, 1.165) is 19.3 Å². The van der Waals surface area contributed by atoms with E-state index >= 15 is 0 Å². The molecule has 4 atom stereocenters. The number of esters is 2. The van der Waals surface area contributed by atoms with Crippen LogP contribution in [-0.4, -0.2) is 24.1 Å². The van der Waals surface area contributed by atoms with Gasteiger partial charge < -0.3 is 9.47 Å². The van der Waals surface area contributed by atoms with Gasteiger partial charge in [-0.05, 0) is 38.2 Å². The summed E-state index contributed by atoms with van der Waals surface area (Å²) < 4.78 is 11.2. The molecule has 0 spiro atoms. The molecule has 2 fully saturated rings. The van der Waals surface area contributed by atoms with E-state index in [2.05, 4.69) is 20.4 Å². The van der Waals surface area contributed by atoms with E-state index in [-0.39, 0.29) is 35.5 Å². The summed E-state index contributed by atoms with van der Waals surface area (Å²) >= 11 is 0. The van der Waals surface area contributed by atoms with Gasteiger partial charge in [0.25, 0.3) is 0 Å². The quantitative estimate of drug-likeness (QED) is 0.423. The lowest BCUT2D eigenvalue weighted by molar-refractivity contribution is -0.158. The van der Waals surface area contributed by atoms with Crippen LogP contribution in [0, 0.1) is 11.3 Å². The van der Waals surface area contributed by atoms with E-state index in [9.17, 15) is 9.59 Å². The van der Waals surface area contributed by atoms with E-state index in [1.807, 2.05) is 0 Å². The number of carbonyl (C=O) groups is 2. The van der Waals surface area contributed by atoms with Crippen molar-refractivity contribution in [2.45, 2.75) is 58.7 Å². The fraction of sp³-hybridized carbons (Fsp3) is 0.647. The van der Waals surface area contributed by atoms with Crippen molar-refractivity contribution < 1.29 is 19.1 Å². The third kappa shape index (κ3) is 2.03. The Kier molecular flexibility index (Phi) is 3.23. The van der Waals surface area contributed by atoms with Crippen molar-refractivity contribution >= 4 is 11.9 Å². The van der Waals surface area contributed by atoms with Gasteiger partial charge in [0.15, 0.2) is 0 Å². The van der Waals surface area contributed by atoms with Crippen LogP contribution in [0.2, 0.25) is 0 Å². The van der Waals surface area contributed by atoms with Gasteiger partial charge in [-0.3, -0.25) is 4.79 Å². The highest BCUT2D eigenvalue weighted by atomic mass is 16.6. The van der Waals surface area contributed by atoms with Gasteiger partial charge >= 0.3 is 11.9 Å². The number of hydrogen-bond acceptors (Lipinski definition) is 4. The Hall–Kier alpha value is -1.58. The normalized spacial score (nSPS) is 38.7. The largest absolute Gasteiger partial charge is 0.462 e. The maximum absolute atomic E-state index is 11.9. The van der Waals surface area contributed by atoms with Crippen LogP contribution in [0.3, 0.4) is 0 Å². The van der Waals surface area contributed by atoms with Crippen LogP contribution in [0.1, 0.15) is 46.5 Å². The third-order valence-electron chi connectivity index (χ3n) is 5.40. The summed E-state index contributed by atoms with van der Waals surface area (Å²) in [5.74, 6) is -0.627. The minimum atomic E-state index is -0.304. The van der Waals surface area contributed by atoms with E-state index in [1.165, 1.54) is 18.1 Å². The maximum atomic E-state index is 11.9. The summed E-state index contributed by atoms with van der Waals surface area (Å²) in [4.78, 5) is 23.4. The second-order valence-electron chi connectivity index (χ2n) is 6.76. The standard InChI is InChI=1S/C17H22O4/c1-9-6-5-7-17(4)13(20-11(3)18)8-12-10(2)16(19)21-15(12)14(9)17/h12-13,15H,2,5-8H2,1,3-4H3/t12-,13-,15+,17+/m0/s1. The molecular weight excluding hydrogens is 268 g/mol. The molecule has 0 aromatic heterocycles. The summed E-state index contributed by atoms with van der Waals surface area (Å²) in [6.45, 7) is 9.57. The van der Waals surface area contributed by atoms with Gasteiger partial charge in [-0.25, -0.2) is 4.79 Å². The zero-order chi connectivity index (χ0) is 15.4. The predicted molar refractivity (Wildman–Crippen MR) is 77.3 cm³/mol. The minimum Gasteiger partial charge on any atom is -0.462 e. The zero-order valence-corrected chi connectivity index (χ0v) is 12.9. The maximum Gasteiger partial charge on any atom is 0.334 e. The van der Waals surface area contributed by atoms with Crippen LogP contribution in [0.4, 0.5) is 0 Å². The Labute approximate surface area is 125 Å². The van der Waals surface area contributed by atoms with E-state index in [1.54, 1.807) is 0 Å². The van der Waals surface area contributed by atoms with Crippen molar-refractivity contribution in [1.82, 2.24) is 0 Å². The molecule has 2 aliphatic carbocycles. The first-order valence-corrected chi connectivity index (χ1v) is 7.61. The average Bonchev–Trinajstić information content (AvgIpc) is 2.65. The molecule has 0 radical (unpaired) electrons. The molecular formula is C17H22O4. The molecule has 0 unspecified atom stereocenters. The fourth-order valence-corrected chi connectivity index (χ4v) is 4.38. The SMILES string of the molecule is C=C1C(=O)O[C@H]2C3=C(C)CCC[C@]3(C)[C@@H](OC(C)=O)C[C@@H]12. The molecule has 1 heterocycles. The van der Waals surface area contributed by atoms with Crippen molar-refractivity contribution in [3.8, 4) is 0 Å². The number of carbonyl (C=O) groups excluding carboxylic acids is 2. The van der Waals surface area contributed by atoms with Gasteiger partial charge in [0, 0.05) is 23.8 Å². The van der Waals surface area contributed by atoms with Crippen LogP contribution in [0.5, 0.6) is 0 Å². The Morgan fingerprint density at radius 1 is 1.48 bits per heavy atom. The molecule has 21 heavy (non-hydrogen) atoms. The molecule has 1 aliphatic heterocycles.